The molecule has 2 heterocycles. The van der Waals surface area contributed by atoms with Crippen molar-refractivity contribution in [2.24, 2.45) is 0 Å². The molecule has 1 aliphatic heterocycles. The second kappa shape index (κ2) is 6.24. The van der Waals surface area contributed by atoms with Gasteiger partial charge in [-0.05, 0) is 66.1 Å². The van der Waals surface area contributed by atoms with Gasteiger partial charge in [0.05, 0.1) is 16.7 Å². The van der Waals surface area contributed by atoms with Crippen LogP contribution in [0, 0.1) is 0 Å². The standard InChI is InChI=1S/C19H26BNO6/c1-17(2,3)25-15(22)11-21-13-9-8-12(10-14(13)24-16(21)23)20-26-18(4,5)19(6,7)27-20/h8-10H,11H2,1-7H3. The number of benzene rings is 1. The number of aromatic nitrogens is 1. The molecule has 1 aromatic carbocycles. The summed E-state index contributed by atoms with van der Waals surface area (Å²) in [5.41, 5.74) is 0.0947. The second-order valence-electron chi connectivity index (χ2n) is 8.86. The van der Waals surface area contributed by atoms with Gasteiger partial charge in [-0.2, -0.15) is 0 Å². The summed E-state index contributed by atoms with van der Waals surface area (Å²) in [6, 6.07) is 5.25. The summed E-state index contributed by atoms with van der Waals surface area (Å²) in [6.07, 6.45) is 0. The number of ether oxygens (including phenoxy) is 1. The summed E-state index contributed by atoms with van der Waals surface area (Å²) in [5.74, 6) is -1.11. The molecule has 0 saturated carbocycles. The molecular weight excluding hydrogens is 349 g/mol. The Labute approximate surface area is 158 Å². The van der Waals surface area contributed by atoms with Gasteiger partial charge in [-0.1, -0.05) is 6.07 Å². The third-order valence-electron chi connectivity index (χ3n) is 4.92. The Morgan fingerprint density at radius 1 is 1.15 bits per heavy atom. The SMILES string of the molecule is CC(C)(C)OC(=O)Cn1c(=O)oc2cc(B3OC(C)(C)C(C)(C)O3)ccc21. The molecular formula is C19H26BNO6. The number of nitrogens with zero attached hydrogens (tertiary/aromatic N) is 1. The van der Waals surface area contributed by atoms with E-state index in [9.17, 15) is 9.59 Å². The van der Waals surface area contributed by atoms with Gasteiger partial charge in [0, 0.05) is 0 Å². The number of fused-ring (bicyclic) bond motifs is 1. The normalized spacial score (nSPS) is 18.9. The molecule has 1 aliphatic rings. The maximum absolute atomic E-state index is 12.2. The molecule has 0 radical (unpaired) electrons. The van der Waals surface area contributed by atoms with Crippen molar-refractivity contribution in [3.05, 3.63) is 28.7 Å². The highest BCUT2D eigenvalue weighted by Gasteiger charge is 2.51. The molecule has 7 nitrogen and oxygen atoms in total. The fourth-order valence-electron chi connectivity index (χ4n) is 2.86. The van der Waals surface area contributed by atoms with Gasteiger partial charge in [0.2, 0.25) is 0 Å². The lowest BCUT2D eigenvalue weighted by Crippen LogP contribution is -2.41. The van der Waals surface area contributed by atoms with E-state index in [4.69, 9.17) is 18.5 Å². The number of hydrogen-bond donors (Lipinski definition) is 0. The van der Waals surface area contributed by atoms with Crippen LogP contribution >= 0.6 is 0 Å². The minimum absolute atomic E-state index is 0.209. The number of oxazole rings is 1. The lowest BCUT2D eigenvalue weighted by Gasteiger charge is -2.32. The first-order chi connectivity index (χ1) is 12.3. The molecule has 0 aliphatic carbocycles. The molecule has 0 N–H and O–H groups in total. The molecule has 8 heteroatoms. The molecule has 1 saturated heterocycles. The summed E-state index contributed by atoms with van der Waals surface area (Å²) >= 11 is 0. The lowest BCUT2D eigenvalue weighted by molar-refractivity contribution is -0.155. The topological polar surface area (TPSA) is 79.9 Å². The van der Waals surface area contributed by atoms with Gasteiger partial charge in [-0.3, -0.25) is 9.36 Å². The van der Waals surface area contributed by atoms with Crippen LogP contribution in [0.1, 0.15) is 48.5 Å². The first-order valence-corrected chi connectivity index (χ1v) is 9.00. The minimum atomic E-state index is -0.621. The van der Waals surface area contributed by atoms with E-state index >= 15 is 0 Å². The summed E-state index contributed by atoms with van der Waals surface area (Å²) in [6.45, 7) is 13.0. The van der Waals surface area contributed by atoms with E-state index in [0.717, 1.165) is 5.46 Å². The highest BCUT2D eigenvalue weighted by Crippen LogP contribution is 2.36. The van der Waals surface area contributed by atoms with Crippen molar-refractivity contribution >= 4 is 29.7 Å². The largest absolute Gasteiger partial charge is 0.494 e. The van der Waals surface area contributed by atoms with E-state index in [-0.39, 0.29) is 6.54 Å². The van der Waals surface area contributed by atoms with Crippen LogP contribution in [0.2, 0.25) is 0 Å². The van der Waals surface area contributed by atoms with Gasteiger partial charge >= 0.3 is 18.8 Å². The van der Waals surface area contributed by atoms with E-state index < -0.39 is 35.6 Å². The fraction of sp³-hybridized carbons (Fsp3) is 0.579. The maximum atomic E-state index is 12.2. The molecule has 1 aromatic heterocycles. The maximum Gasteiger partial charge on any atom is 0.494 e. The fourth-order valence-corrected chi connectivity index (χ4v) is 2.86. The lowest BCUT2D eigenvalue weighted by atomic mass is 9.79. The number of hydrogen-bond acceptors (Lipinski definition) is 6. The van der Waals surface area contributed by atoms with Gasteiger partial charge in [-0.25, -0.2) is 4.79 Å². The van der Waals surface area contributed by atoms with E-state index in [1.54, 1.807) is 32.9 Å². The highest BCUT2D eigenvalue weighted by molar-refractivity contribution is 6.62. The molecule has 0 bridgehead atoms. The number of carbonyl (C=O) groups excluding carboxylic acids is 1. The molecule has 0 spiro atoms. The van der Waals surface area contributed by atoms with Crippen molar-refractivity contribution in [3.63, 3.8) is 0 Å². The smallest absolute Gasteiger partial charge is 0.459 e. The molecule has 0 unspecified atom stereocenters. The van der Waals surface area contributed by atoms with E-state index in [0.29, 0.717) is 11.1 Å². The Balaban J connectivity index is 1.89. The van der Waals surface area contributed by atoms with Crippen molar-refractivity contribution in [2.45, 2.75) is 71.8 Å². The molecule has 0 amide bonds. The summed E-state index contributed by atoms with van der Waals surface area (Å²) in [4.78, 5) is 24.3. The zero-order valence-corrected chi connectivity index (χ0v) is 16.9. The number of esters is 1. The Bertz CT molecular complexity index is 918. The van der Waals surface area contributed by atoms with Crippen LogP contribution in [0.4, 0.5) is 0 Å². The zero-order valence-electron chi connectivity index (χ0n) is 16.9. The van der Waals surface area contributed by atoms with Crippen molar-refractivity contribution < 1.29 is 23.3 Å². The monoisotopic (exact) mass is 375 g/mol. The number of carbonyl (C=O) groups is 1. The molecule has 1 fully saturated rings. The van der Waals surface area contributed by atoms with E-state index in [1.165, 1.54) is 4.57 Å². The highest BCUT2D eigenvalue weighted by atomic mass is 16.7. The Hall–Kier alpha value is -2.06. The first-order valence-electron chi connectivity index (χ1n) is 9.00. The molecule has 3 rings (SSSR count). The van der Waals surface area contributed by atoms with Crippen molar-refractivity contribution in [1.29, 1.82) is 0 Å². The summed E-state index contributed by atoms with van der Waals surface area (Å²) in [7, 11) is -0.557. The van der Waals surface area contributed by atoms with Crippen LogP contribution in [0.3, 0.4) is 0 Å². The molecule has 0 atom stereocenters. The Morgan fingerprint density at radius 2 is 1.74 bits per heavy atom. The van der Waals surface area contributed by atoms with Crippen LogP contribution in [-0.4, -0.2) is 34.5 Å². The molecule has 2 aromatic rings. The van der Waals surface area contributed by atoms with Crippen molar-refractivity contribution in [3.8, 4) is 0 Å². The quantitative estimate of drug-likeness (QED) is 0.605. The van der Waals surface area contributed by atoms with Crippen LogP contribution in [0.5, 0.6) is 0 Å². The van der Waals surface area contributed by atoms with Gasteiger partial charge < -0.3 is 18.5 Å². The van der Waals surface area contributed by atoms with E-state index in [2.05, 4.69) is 0 Å². The Kier molecular flexibility index (Phi) is 4.55. The van der Waals surface area contributed by atoms with Crippen LogP contribution in [0.25, 0.3) is 11.1 Å². The molecule has 146 valence electrons. The first kappa shape index (κ1) is 19.7. The zero-order chi connectivity index (χ0) is 20.2. The average Bonchev–Trinajstić information content (AvgIpc) is 2.90. The van der Waals surface area contributed by atoms with E-state index in [1.807, 2.05) is 33.8 Å². The van der Waals surface area contributed by atoms with Crippen molar-refractivity contribution in [2.75, 3.05) is 0 Å². The average molecular weight is 375 g/mol. The van der Waals surface area contributed by atoms with Crippen LogP contribution in [0.15, 0.2) is 27.4 Å². The van der Waals surface area contributed by atoms with Crippen LogP contribution < -0.4 is 11.2 Å². The van der Waals surface area contributed by atoms with Gasteiger partial charge in [0.1, 0.15) is 12.1 Å². The van der Waals surface area contributed by atoms with Crippen LogP contribution in [-0.2, 0) is 25.4 Å². The van der Waals surface area contributed by atoms with Crippen molar-refractivity contribution in [1.82, 2.24) is 4.57 Å². The number of rotatable bonds is 3. The van der Waals surface area contributed by atoms with Gasteiger partial charge in [-0.15, -0.1) is 0 Å². The predicted octanol–water partition coefficient (Wildman–Crippen LogP) is 2.24. The summed E-state index contributed by atoms with van der Waals surface area (Å²) in [5, 5.41) is 0. The minimum Gasteiger partial charge on any atom is -0.459 e. The van der Waals surface area contributed by atoms with Gasteiger partial charge in [0.25, 0.3) is 0 Å². The third-order valence-corrected chi connectivity index (χ3v) is 4.92. The third kappa shape index (κ3) is 3.82. The second-order valence-corrected chi connectivity index (χ2v) is 8.86. The predicted molar refractivity (Wildman–Crippen MR) is 102 cm³/mol. The summed E-state index contributed by atoms with van der Waals surface area (Å²) < 4.78 is 23.9. The molecule has 27 heavy (non-hydrogen) atoms. The Morgan fingerprint density at radius 3 is 2.30 bits per heavy atom. The van der Waals surface area contributed by atoms with Gasteiger partial charge in [0.15, 0.2) is 5.58 Å².